The smallest absolute Gasteiger partial charge is 0.268 e. The van der Waals surface area contributed by atoms with Gasteiger partial charge in [-0.15, -0.1) is 0 Å². The average molecular weight is 747 g/mol. The number of aliphatic hydroxyl groups is 1. The molecule has 0 fully saturated rings. The van der Waals surface area contributed by atoms with Crippen molar-refractivity contribution in [3.05, 3.63) is 85.1 Å². The monoisotopic (exact) mass is 747 g/mol. The molecule has 8 nitrogen and oxygen atoms in total. The summed E-state index contributed by atoms with van der Waals surface area (Å²) in [7, 11) is 1.22. The molecule has 0 saturated carbocycles. The first-order chi connectivity index (χ1) is 25.0. The summed E-state index contributed by atoms with van der Waals surface area (Å²) in [6.45, 7) is 4.36. The third kappa shape index (κ3) is 36.1. The molecule has 0 aliphatic carbocycles. The Morgan fingerprint density at radius 3 is 1.71 bits per heavy atom. The van der Waals surface area contributed by atoms with E-state index in [0.29, 0.717) is 17.4 Å². The number of hydrogen-bond donors (Lipinski definition) is 2. The van der Waals surface area contributed by atoms with Crippen LogP contribution in [0.5, 0.6) is 0 Å². The summed E-state index contributed by atoms with van der Waals surface area (Å²) >= 11 is 0. The minimum absolute atomic E-state index is 0.0102. The zero-order valence-electron chi connectivity index (χ0n) is 33.5. The van der Waals surface area contributed by atoms with Crippen LogP contribution >= 0.6 is 7.82 Å². The fourth-order valence-electron chi connectivity index (χ4n) is 4.92. The van der Waals surface area contributed by atoms with E-state index in [4.69, 9.17) is 9.05 Å². The van der Waals surface area contributed by atoms with Gasteiger partial charge in [0.15, 0.2) is 0 Å². The lowest BCUT2D eigenvalue weighted by Gasteiger charge is -2.29. The first-order valence-corrected chi connectivity index (χ1v) is 21.4. The van der Waals surface area contributed by atoms with Gasteiger partial charge in [0.2, 0.25) is 5.91 Å². The second-order valence-electron chi connectivity index (χ2n) is 14.3. The van der Waals surface area contributed by atoms with Crippen LogP contribution in [0.4, 0.5) is 0 Å². The van der Waals surface area contributed by atoms with Gasteiger partial charge in [-0.2, -0.15) is 0 Å². The van der Waals surface area contributed by atoms with Crippen LogP contribution in [0.25, 0.3) is 0 Å². The van der Waals surface area contributed by atoms with Crippen LogP contribution in [0.3, 0.4) is 0 Å². The number of hydrogen-bond acceptors (Lipinski definition) is 6. The maximum atomic E-state index is 12.7. The van der Waals surface area contributed by atoms with Crippen molar-refractivity contribution >= 4 is 13.7 Å². The molecular weight excluding hydrogens is 671 g/mol. The predicted molar refractivity (Wildman–Crippen MR) is 219 cm³/mol. The number of likely N-dealkylation sites (N-methyl/N-ethyl adjacent to an activating group) is 1. The fraction of sp³-hybridized carbons (Fsp3) is 0.651. The summed E-state index contributed by atoms with van der Waals surface area (Å²) < 4.78 is 22.9. The van der Waals surface area contributed by atoms with Crippen molar-refractivity contribution in [2.45, 2.75) is 142 Å². The first-order valence-electron chi connectivity index (χ1n) is 19.9. The molecule has 52 heavy (non-hydrogen) atoms. The zero-order valence-corrected chi connectivity index (χ0v) is 34.4. The Labute approximate surface area is 318 Å². The number of phosphoric ester groups is 1. The van der Waals surface area contributed by atoms with Crippen LogP contribution in [0.2, 0.25) is 0 Å². The molecule has 2 N–H and O–H groups in total. The molecule has 0 bridgehead atoms. The molecule has 1 amide bonds. The number of allylic oxidation sites excluding steroid dienone is 13. The molecule has 0 aliphatic rings. The van der Waals surface area contributed by atoms with Gasteiger partial charge in [-0.25, -0.2) is 0 Å². The Bertz CT molecular complexity index is 1120. The van der Waals surface area contributed by atoms with E-state index in [1.807, 2.05) is 27.2 Å². The lowest BCUT2D eigenvalue weighted by Crippen LogP contribution is -2.45. The van der Waals surface area contributed by atoms with E-state index in [1.54, 1.807) is 6.08 Å². The van der Waals surface area contributed by atoms with E-state index >= 15 is 0 Å². The second-order valence-corrected chi connectivity index (χ2v) is 15.7. The van der Waals surface area contributed by atoms with Crippen molar-refractivity contribution < 1.29 is 32.9 Å². The number of quaternary nitrogens is 1. The number of nitrogens with zero attached hydrogens (tertiary/aromatic N) is 1. The van der Waals surface area contributed by atoms with Crippen LogP contribution in [-0.2, 0) is 18.4 Å². The average Bonchev–Trinajstić information content (AvgIpc) is 3.09. The highest BCUT2D eigenvalue weighted by Crippen LogP contribution is 2.38. The van der Waals surface area contributed by atoms with E-state index in [1.165, 1.54) is 6.42 Å². The summed E-state index contributed by atoms with van der Waals surface area (Å²) in [4.78, 5) is 25.0. The van der Waals surface area contributed by atoms with Gasteiger partial charge in [-0.1, -0.05) is 137 Å². The largest absolute Gasteiger partial charge is 0.756 e. The molecule has 0 aromatic rings. The lowest BCUT2D eigenvalue weighted by molar-refractivity contribution is -0.870. The molecule has 0 rings (SSSR count). The molecule has 3 unspecified atom stereocenters. The van der Waals surface area contributed by atoms with Gasteiger partial charge in [-0.3, -0.25) is 9.36 Å². The molecule has 0 saturated heterocycles. The number of phosphoric acid groups is 1. The van der Waals surface area contributed by atoms with Crippen molar-refractivity contribution in [1.82, 2.24) is 5.32 Å². The third-order valence-electron chi connectivity index (χ3n) is 8.11. The summed E-state index contributed by atoms with van der Waals surface area (Å²) in [5.74, 6) is -0.226. The van der Waals surface area contributed by atoms with Crippen LogP contribution in [0.1, 0.15) is 129 Å². The number of rotatable bonds is 34. The Morgan fingerprint density at radius 2 is 1.17 bits per heavy atom. The molecule has 0 radical (unpaired) electrons. The minimum atomic E-state index is -4.58. The second kappa shape index (κ2) is 34.4. The third-order valence-corrected chi connectivity index (χ3v) is 9.08. The minimum Gasteiger partial charge on any atom is -0.756 e. The van der Waals surface area contributed by atoms with Crippen molar-refractivity contribution in [3.8, 4) is 0 Å². The van der Waals surface area contributed by atoms with E-state index < -0.39 is 26.6 Å². The summed E-state index contributed by atoms with van der Waals surface area (Å²) in [6, 6.07) is -0.895. The van der Waals surface area contributed by atoms with Crippen molar-refractivity contribution in [2.75, 3.05) is 40.9 Å². The highest BCUT2D eigenvalue weighted by Gasteiger charge is 2.23. The molecule has 0 heterocycles. The van der Waals surface area contributed by atoms with Crippen molar-refractivity contribution in [2.24, 2.45) is 0 Å². The van der Waals surface area contributed by atoms with E-state index in [2.05, 4.69) is 92.1 Å². The summed E-state index contributed by atoms with van der Waals surface area (Å²) in [6.07, 6.45) is 46.7. The maximum absolute atomic E-state index is 12.7. The highest BCUT2D eigenvalue weighted by atomic mass is 31.2. The predicted octanol–water partition coefficient (Wildman–Crippen LogP) is 9.99. The number of aliphatic hydroxyl groups excluding tert-OH is 1. The maximum Gasteiger partial charge on any atom is 0.268 e. The zero-order chi connectivity index (χ0) is 38.6. The molecule has 3 atom stereocenters. The molecule has 0 aromatic carbocycles. The SMILES string of the molecule is CC/C=C\C/C=C\C/C=C\C/C=C\C/C=C\C/C=C\CCCCCCCCC(=O)NC(COP(=O)([O-])OCC[N+](C)(C)C)C(O)/C=C/CCCCC. The van der Waals surface area contributed by atoms with Gasteiger partial charge in [0.25, 0.3) is 7.82 Å². The van der Waals surface area contributed by atoms with E-state index in [0.717, 1.165) is 103 Å². The number of amides is 1. The van der Waals surface area contributed by atoms with Gasteiger partial charge >= 0.3 is 0 Å². The molecule has 0 aromatic heterocycles. The topological polar surface area (TPSA) is 108 Å². The van der Waals surface area contributed by atoms with Crippen LogP contribution in [-0.4, -0.2) is 68.5 Å². The lowest BCUT2D eigenvalue weighted by atomic mass is 10.1. The normalized spacial score (nSPS) is 15.4. The van der Waals surface area contributed by atoms with Gasteiger partial charge < -0.3 is 28.8 Å². The van der Waals surface area contributed by atoms with Crippen LogP contribution in [0, 0.1) is 0 Å². The summed E-state index contributed by atoms with van der Waals surface area (Å²) in [5.41, 5.74) is 0. The highest BCUT2D eigenvalue weighted by molar-refractivity contribution is 7.45. The van der Waals surface area contributed by atoms with Crippen molar-refractivity contribution in [1.29, 1.82) is 0 Å². The van der Waals surface area contributed by atoms with Gasteiger partial charge in [0.05, 0.1) is 39.9 Å². The Morgan fingerprint density at radius 1 is 0.692 bits per heavy atom. The van der Waals surface area contributed by atoms with E-state index in [-0.39, 0.29) is 12.5 Å². The van der Waals surface area contributed by atoms with Gasteiger partial charge in [0, 0.05) is 6.42 Å². The van der Waals surface area contributed by atoms with Gasteiger partial charge in [0.1, 0.15) is 13.2 Å². The van der Waals surface area contributed by atoms with Crippen LogP contribution < -0.4 is 10.2 Å². The first kappa shape index (κ1) is 49.7. The number of carbonyl (C=O) groups excluding carboxylic acids is 1. The van der Waals surface area contributed by atoms with Gasteiger partial charge in [-0.05, 0) is 70.6 Å². The Hall–Kier alpha value is -2.32. The number of unbranched alkanes of at least 4 members (excludes halogenated alkanes) is 9. The molecule has 0 aliphatic heterocycles. The Balaban J connectivity index is 4.20. The van der Waals surface area contributed by atoms with Crippen molar-refractivity contribution in [3.63, 3.8) is 0 Å². The molecule has 298 valence electrons. The van der Waals surface area contributed by atoms with Crippen LogP contribution in [0.15, 0.2) is 85.1 Å². The summed E-state index contributed by atoms with van der Waals surface area (Å²) in [5, 5.41) is 13.5. The molecular formula is C43H75N2O6P. The molecule has 9 heteroatoms. The number of carbonyl (C=O) groups is 1. The standard InChI is InChI=1S/C43H75N2O6P/c1-6-8-10-12-13-14-15-16-17-18-19-20-21-22-23-24-25-26-27-28-29-30-31-33-35-37-43(47)44-41(42(46)36-34-32-11-9-7-2)40-51-52(48,49)50-39-38-45(3,4)5/h8,10,13-14,16-17,19-20,22-23,25-26,34,36,41-42,46H,6-7,9,11-12,15,18,21,24,27-33,35,37-40H2,1-5H3,(H-,44,47,48,49)/b10-8-,14-13-,17-16-,20-19-,23-22-,26-25-,36-34+. The fourth-order valence-corrected chi connectivity index (χ4v) is 5.64. The quantitative estimate of drug-likeness (QED) is 0.0294. The Kier molecular flexibility index (Phi) is 32.9. The van der Waals surface area contributed by atoms with E-state index in [9.17, 15) is 19.4 Å². The number of nitrogens with one attached hydrogen (secondary N) is 1. The molecule has 0 spiro atoms.